The zero-order valence-electron chi connectivity index (χ0n) is 13.3. The van der Waals surface area contributed by atoms with Gasteiger partial charge in [-0.2, -0.15) is 9.40 Å². The maximum atomic E-state index is 12.7. The molecule has 0 unspecified atom stereocenters. The van der Waals surface area contributed by atoms with Crippen LogP contribution in [-0.2, 0) is 30.8 Å². The third kappa shape index (κ3) is 3.18. The van der Waals surface area contributed by atoms with Crippen LogP contribution in [0.1, 0.15) is 6.92 Å². The topological polar surface area (TPSA) is 82.9 Å². The first-order valence-corrected chi connectivity index (χ1v) is 8.53. The van der Waals surface area contributed by atoms with Crippen LogP contribution >= 0.6 is 0 Å². The molecule has 0 N–H and O–H groups in total. The van der Waals surface area contributed by atoms with Crippen LogP contribution in [0.15, 0.2) is 17.3 Å². The number of sulfonamides is 1. The van der Waals surface area contributed by atoms with E-state index in [0.717, 1.165) is 0 Å². The van der Waals surface area contributed by atoms with Crippen molar-refractivity contribution in [1.29, 1.82) is 0 Å². The van der Waals surface area contributed by atoms with E-state index < -0.39 is 16.1 Å². The highest BCUT2D eigenvalue weighted by atomic mass is 32.2. The normalized spacial score (nSPS) is 26.5. The van der Waals surface area contributed by atoms with Crippen molar-refractivity contribution in [2.45, 2.75) is 36.6 Å². The number of rotatable bonds is 6. The minimum Gasteiger partial charge on any atom is -0.377 e. The van der Waals surface area contributed by atoms with Crippen LogP contribution in [0.25, 0.3) is 0 Å². The van der Waals surface area contributed by atoms with Gasteiger partial charge in [-0.15, -0.1) is 0 Å². The predicted molar refractivity (Wildman–Crippen MR) is 79.1 cm³/mol. The SMILES string of the molecule is CCn1cc(S(=O)(=O)N(C)[C@@H]2COC[C@@H](OC)[C@H]2OC)cn1. The van der Waals surface area contributed by atoms with E-state index >= 15 is 0 Å². The van der Waals surface area contributed by atoms with E-state index in [-0.39, 0.29) is 23.7 Å². The molecule has 1 aromatic heterocycles. The number of ether oxygens (including phenoxy) is 3. The lowest BCUT2D eigenvalue weighted by Gasteiger charge is -2.39. The highest BCUT2D eigenvalue weighted by molar-refractivity contribution is 7.89. The van der Waals surface area contributed by atoms with Gasteiger partial charge in [0.05, 0.1) is 25.5 Å². The molecule has 0 aromatic carbocycles. The lowest BCUT2D eigenvalue weighted by Crippen LogP contribution is -2.57. The fourth-order valence-electron chi connectivity index (χ4n) is 2.56. The molecule has 0 bridgehead atoms. The molecule has 0 saturated carbocycles. The van der Waals surface area contributed by atoms with Crippen molar-refractivity contribution in [2.75, 3.05) is 34.5 Å². The van der Waals surface area contributed by atoms with Crippen LogP contribution < -0.4 is 0 Å². The lowest BCUT2D eigenvalue weighted by molar-refractivity contribution is -0.142. The van der Waals surface area contributed by atoms with E-state index in [0.29, 0.717) is 13.2 Å². The molecule has 3 atom stereocenters. The standard InChI is InChI=1S/C13H23N3O5S/c1-5-16-7-10(6-14-16)22(17,18)15(2)11-8-21-9-12(19-3)13(11)20-4/h6-7,11-13H,5,8-9H2,1-4H3/t11-,12-,13+/m1/s1. The maximum absolute atomic E-state index is 12.7. The number of hydrogen-bond donors (Lipinski definition) is 0. The average molecular weight is 333 g/mol. The third-order valence-electron chi connectivity index (χ3n) is 3.97. The number of hydrogen-bond acceptors (Lipinski definition) is 6. The number of methoxy groups -OCH3 is 2. The molecule has 2 heterocycles. The van der Waals surface area contributed by atoms with Crippen molar-refractivity contribution in [2.24, 2.45) is 0 Å². The Hall–Kier alpha value is -1.00. The molecule has 1 aliphatic heterocycles. The fraction of sp³-hybridized carbons (Fsp3) is 0.769. The molecule has 0 aliphatic carbocycles. The Morgan fingerprint density at radius 3 is 2.68 bits per heavy atom. The molecule has 1 aromatic rings. The van der Waals surface area contributed by atoms with E-state index in [1.165, 1.54) is 23.7 Å². The summed E-state index contributed by atoms with van der Waals surface area (Å²) in [5, 5.41) is 4.02. The Morgan fingerprint density at radius 2 is 2.14 bits per heavy atom. The quantitative estimate of drug-likeness (QED) is 0.726. The number of aryl methyl sites for hydroxylation is 1. The van der Waals surface area contributed by atoms with Crippen LogP contribution in [0.4, 0.5) is 0 Å². The molecular formula is C13H23N3O5S. The van der Waals surface area contributed by atoms with Crippen LogP contribution in [0.5, 0.6) is 0 Å². The van der Waals surface area contributed by atoms with Gasteiger partial charge in [-0.1, -0.05) is 0 Å². The molecule has 126 valence electrons. The smallest absolute Gasteiger partial charge is 0.246 e. The van der Waals surface area contributed by atoms with Gasteiger partial charge in [-0.25, -0.2) is 8.42 Å². The van der Waals surface area contributed by atoms with E-state index in [4.69, 9.17) is 14.2 Å². The van der Waals surface area contributed by atoms with Gasteiger partial charge in [-0.3, -0.25) is 4.68 Å². The van der Waals surface area contributed by atoms with Crippen LogP contribution in [0.3, 0.4) is 0 Å². The van der Waals surface area contributed by atoms with Crippen molar-refractivity contribution < 1.29 is 22.6 Å². The van der Waals surface area contributed by atoms with Gasteiger partial charge in [0.15, 0.2) is 0 Å². The first-order chi connectivity index (χ1) is 10.5. The molecule has 8 nitrogen and oxygen atoms in total. The average Bonchev–Trinajstić information content (AvgIpc) is 3.03. The molecular weight excluding hydrogens is 310 g/mol. The summed E-state index contributed by atoms with van der Waals surface area (Å²) < 4.78 is 44.6. The molecule has 0 amide bonds. The van der Waals surface area contributed by atoms with Crippen molar-refractivity contribution in [3.63, 3.8) is 0 Å². The fourth-order valence-corrected chi connectivity index (χ4v) is 3.87. The molecule has 2 rings (SSSR count). The Kier molecular flexibility index (Phi) is 5.56. The summed E-state index contributed by atoms with van der Waals surface area (Å²) in [5.74, 6) is 0. The summed E-state index contributed by atoms with van der Waals surface area (Å²) in [6, 6.07) is -0.460. The van der Waals surface area contributed by atoms with Gasteiger partial charge in [-0.05, 0) is 6.92 Å². The van der Waals surface area contributed by atoms with Crippen molar-refractivity contribution in [3.8, 4) is 0 Å². The first-order valence-electron chi connectivity index (χ1n) is 7.09. The minimum atomic E-state index is -3.67. The zero-order valence-corrected chi connectivity index (χ0v) is 14.1. The van der Waals surface area contributed by atoms with Gasteiger partial charge in [0, 0.05) is 34.0 Å². The minimum absolute atomic E-state index is 0.159. The largest absolute Gasteiger partial charge is 0.377 e. The second-order valence-corrected chi connectivity index (χ2v) is 7.13. The second kappa shape index (κ2) is 7.05. The molecule has 9 heteroatoms. The second-order valence-electron chi connectivity index (χ2n) is 5.13. The number of nitrogens with zero attached hydrogens (tertiary/aromatic N) is 3. The molecule has 0 spiro atoms. The van der Waals surface area contributed by atoms with E-state index in [1.54, 1.807) is 18.9 Å². The Balaban J connectivity index is 2.26. The molecule has 0 radical (unpaired) electrons. The molecule has 1 aliphatic rings. The third-order valence-corrected chi connectivity index (χ3v) is 5.80. The van der Waals surface area contributed by atoms with Gasteiger partial charge in [0.2, 0.25) is 10.0 Å². The van der Waals surface area contributed by atoms with Crippen molar-refractivity contribution in [1.82, 2.24) is 14.1 Å². The van der Waals surface area contributed by atoms with E-state index in [2.05, 4.69) is 5.10 Å². The maximum Gasteiger partial charge on any atom is 0.246 e. The Bertz CT molecular complexity index is 588. The molecule has 1 fully saturated rings. The Labute approximate surface area is 131 Å². The van der Waals surface area contributed by atoms with E-state index in [1.807, 2.05) is 6.92 Å². The monoisotopic (exact) mass is 333 g/mol. The Morgan fingerprint density at radius 1 is 1.41 bits per heavy atom. The lowest BCUT2D eigenvalue weighted by atomic mass is 10.0. The molecule has 22 heavy (non-hydrogen) atoms. The summed E-state index contributed by atoms with van der Waals surface area (Å²) in [6.45, 7) is 3.15. The summed E-state index contributed by atoms with van der Waals surface area (Å²) >= 11 is 0. The van der Waals surface area contributed by atoms with Crippen LogP contribution in [-0.4, -0.2) is 75.2 Å². The van der Waals surface area contributed by atoms with E-state index in [9.17, 15) is 8.42 Å². The van der Waals surface area contributed by atoms with Crippen LogP contribution in [0, 0.1) is 0 Å². The van der Waals surface area contributed by atoms with Crippen molar-refractivity contribution >= 4 is 10.0 Å². The van der Waals surface area contributed by atoms with Crippen LogP contribution in [0.2, 0.25) is 0 Å². The number of aromatic nitrogens is 2. The summed E-state index contributed by atoms with van der Waals surface area (Å²) in [6.07, 6.45) is 2.18. The molecule has 1 saturated heterocycles. The van der Waals surface area contributed by atoms with Crippen molar-refractivity contribution in [3.05, 3.63) is 12.4 Å². The van der Waals surface area contributed by atoms with Gasteiger partial charge in [0.25, 0.3) is 0 Å². The predicted octanol–water partition coefficient (Wildman–Crippen LogP) is -0.0477. The van der Waals surface area contributed by atoms with Gasteiger partial charge in [0.1, 0.15) is 17.1 Å². The highest BCUT2D eigenvalue weighted by Gasteiger charge is 2.41. The number of likely N-dealkylation sites (N-methyl/N-ethyl adjacent to an activating group) is 1. The highest BCUT2D eigenvalue weighted by Crippen LogP contribution is 2.24. The zero-order chi connectivity index (χ0) is 16.3. The summed E-state index contributed by atoms with van der Waals surface area (Å²) in [7, 11) is 0.960. The summed E-state index contributed by atoms with van der Waals surface area (Å²) in [4.78, 5) is 0.159. The van der Waals surface area contributed by atoms with Gasteiger partial charge < -0.3 is 14.2 Å². The summed E-state index contributed by atoms with van der Waals surface area (Å²) in [5.41, 5.74) is 0. The van der Waals surface area contributed by atoms with Gasteiger partial charge >= 0.3 is 0 Å². The first kappa shape index (κ1) is 17.4.